The lowest BCUT2D eigenvalue weighted by molar-refractivity contribution is -0.132. The van der Waals surface area contributed by atoms with Gasteiger partial charge >= 0.3 is 0 Å². The third-order valence-electron chi connectivity index (χ3n) is 6.11. The fourth-order valence-electron chi connectivity index (χ4n) is 4.40. The standard InChI is InChI=1S/C19H22BrFN2O2/c20-13-3-4-14(16(21)11-13)17(24)23-9-5-19(6-10-23)12-15(19)18(25)22-7-1-2-8-22/h3-4,11,15H,1-2,5-10,12H2/t15-/m0/s1. The van der Waals surface area contributed by atoms with Crippen LogP contribution < -0.4 is 0 Å². The lowest BCUT2D eigenvalue weighted by atomic mass is 9.90. The highest BCUT2D eigenvalue weighted by atomic mass is 79.9. The SMILES string of the molecule is O=C(c1ccc(Br)cc1F)N1CCC2(CC1)C[C@H]2C(=O)N1CCCC1. The van der Waals surface area contributed by atoms with Crippen molar-refractivity contribution in [3.63, 3.8) is 0 Å². The molecule has 2 amide bonds. The van der Waals surface area contributed by atoms with Crippen LogP contribution in [0, 0.1) is 17.2 Å². The largest absolute Gasteiger partial charge is 0.342 e. The minimum Gasteiger partial charge on any atom is -0.342 e. The molecule has 4 nitrogen and oxygen atoms in total. The summed E-state index contributed by atoms with van der Waals surface area (Å²) >= 11 is 3.21. The van der Waals surface area contributed by atoms with Gasteiger partial charge in [0.05, 0.1) is 5.56 Å². The summed E-state index contributed by atoms with van der Waals surface area (Å²) in [5.41, 5.74) is 0.217. The summed E-state index contributed by atoms with van der Waals surface area (Å²) in [6.07, 6.45) is 4.89. The third kappa shape index (κ3) is 3.09. The lowest BCUT2D eigenvalue weighted by Crippen LogP contribution is -2.41. The van der Waals surface area contributed by atoms with Crippen LogP contribution in [0.2, 0.25) is 0 Å². The van der Waals surface area contributed by atoms with Gasteiger partial charge in [-0.15, -0.1) is 0 Å². The van der Waals surface area contributed by atoms with E-state index in [0.717, 1.165) is 45.2 Å². The molecule has 0 aromatic heterocycles. The van der Waals surface area contributed by atoms with E-state index in [9.17, 15) is 14.0 Å². The number of benzene rings is 1. The van der Waals surface area contributed by atoms with Crippen molar-refractivity contribution in [1.82, 2.24) is 9.80 Å². The number of hydrogen-bond donors (Lipinski definition) is 0. The van der Waals surface area contributed by atoms with Crippen LogP contribution >= 0.6 is 15.9 Å². The highest BCUT2D eigenvalue weighted by molar-refractivity contribution is 9.10. The summed E-state index contributed by atoms with van der Waals surface area (Å²) in [4.78, 5) is 28.9. The normalized spacial score (nSPS) is 24.6. The van der Waals surface area contributed by atoms with E-state index in [-0.39, 0.29) is 22.8 Å². The van der Waals surface area contributed by atoms with E-state index in [0.29, 0.717) is 23.5 Å². The van der Waals surface area contributed by atoms with Crippen LogP contribution in [0.15, 0.2) is 22.7 Å². The van der Waals surface area contributed by atoms with Crippen molar-refractivity contribution in [3.05, 3.63) is 34.1 Å². The fourth-order valence-corrected chi connectivity index (χ4v) is 4.73. The van der Waals surface area contributed by atoms with Gasteiger partial charge in [0.1, 0.15) is 5.82 Å². The molecule has 25 heavy (non-hydrogen) atoms. The van der Waals surface area contributed by atoms with Gasteiger partial charge < -0.3 is 9.80 Å². The van der Waals surface area contributed by atoms with E-state index in [1.807, 2.05) is 4.90 Å². The second kappa shape index (κ2) is 6.38. The Morgan fingerprint density at radius 1 is 1.08 bits per heavy atom. The minimum absolute atomic E-state index is 0.0920. The Morgan fingerprint density at radius 3 is 2.40 bits per heavy atom. The van der Waals surface area contributed by atoms with Crippen molar-refractivity contribution >= 4 is 27.7 Å². The number of halogens is 2. The van der Waals surface area contributed by atoms with E-state index in [1.54, 1.807) is 11.0 Å². The number of amides is 2. The van der Waals surface area contributed by atoms with Gasteiger partial charge in [0.2, 0.25) is 5.91 Å². The maximum atomic E-state index is 14.0. The van der Waals surface area contributed by atoms with Crippen molar-refractivity contribution in [2.45, 2.75) is 32.1 Å². The van der Waals surface area contributed by atoms with Crippen molar-refractivity contribution < 1.29 is 14.0 Å². The maximum Gasteiger partial charge on any atom is 0.256 e. The van der Waals surface area contributed by atoms with Crippen LogP contribution in [0.4, 0.5) is 4.39 Å². The lowest BCUT2D eigenvalue weighted by Gasteiger charge is -2.33. The molecule has 0 unspecified atom stereocenters. The maximum absolute atomic E-state index is 14.0. The zero-order chi connectivity index (χ0) is 17.6. The summed E-state index contributed by atoms with van der Waals surface area (Å²) in [6, 6.07) is 4.54. The Hall–Kier alpha value is -1.43. The van der Waals surface area contributed by atoms with Gasteiger partial charge in [0.25, 0.3) is 5.91 Å². The number of carbonyl (C=O) groups is 2. The molecule has 6 heteroatoms. The molecule has 1 atom stereocenters. The first-order valence-electron chi connectivity index (χ1n) is 9.03. The van der Waals surface area contributed by atoms with Crippen LogP contribution in [0.5, 0.6) is 0 Å². The van der Waals surface area contributed by atoms with Gasteiger partial charge in [0.15, 0.2) is 0 Å². The first-order chi connectivity index (χ1) is 12.0. The Balaban J connectivity index is 1.37. The summed E-state index contributed by atoms with van der Waals surface area (Å²) in [5, 5.41) is 0. The minimum atomic E-state index is -0.492. The average Bonchev–Trinajstić information content (AvgIpc) is 3.04. The van der Waals surface area contributed by atoms with Crippen LogP contribution in [0.25, 0.3) is 0 Å². The summed E-state index contributed by atoms with van der Waals surface area (Å²) in [5.74, 6) is -0.278. The monoisotopic (exact) mass is 408 g/mol. The van der Waals surface area contributed by atoms with E-state index in [4.69, 9.17) is 0 Å². The van der Waals surface area contributed by atoms with E-state index in [2.05, 4.69) is 15.9 Å². The number of nitrogens with zero attached hydrogens (tertiary/aromatic N) is 2. The predicted octanol–water partition coefficient (Wildman–Crippen LogP) is 3.45. The number of hydrogen-bond acceptors (Lipinski definition) is 2. The first-order valence-corrected chi connectivity index (χ1v) is 9.83. The van der Waals surface area contributed by atoms with Crippen LogP contribution in [0.3, 0.4) is 0 Å². The van der Waals surface area contributed by atoms with E-state index >= 15 is 0 Å². The molecule has 2 heterocycles. The Morgan fingerprint density at radius 2 is 1.76 bits per heavy atom. The summed E-state index contributed by atoms with van der Waals surface area (Å²) in [6.45, 7) is 3.02. The highest BCUT2D eigenvalue weighted by Crippen LogP contribution is 2.60. The molecule has 2 aliphatic heterocycles. The second-order valence-electron chi connectivity index (χ2n) is 7.57. The molecule has 0 N–H and O–H groups in total. The first kappa shape index (κ1) is 17.0. The molecular formula is C19H22BrFN2O2. The molecule has 0 radical (unpaired) electrons. The summed E-state index contributed by atoms with van der Waals surface area (Å²) in [7, 11) is 0. The predicted molar refractivity (Wildman–Crippen MR) is 95.6 cm³/mol. The molecule has 2 saturated heterocycles. The average molecular weight is 409 g/mol. The van der Waals surface area contributed by atoms with Gasteiger partial charge in [-0.1, -0.05) is 15.9 Å². The van der Waals surface area contributed by atoms with E-state index < -0.39 is 5.82 Å². The smallest absolute Gasteiger partial charge is 0.256 e. The second-order valence-corrected chi connectivity index (χ2v) is 8.48. The Kier molecular flexibility index (Phi) is 4.34. The van der Waals surface area contributed by atoms with Gasteiger partial charge in [-0.25, -0.2) is 4.39 Å². The van der Waals surface area contributed by atoms with Crippen LogP contribution in [-0.4, -0.2) is 47.8 Å². The molecule has 4 rings (SSSR count). The summed E-state index contributed by atoms with van der Waals surface area (Å²) < 4.78 is 14.7. The van der Waals surface area contributed by atoms with Crippen LogP contribution in [-0.2, 0) is 4.79 Å². The topological polar surface area (TPSA) is 40.6 Å². The fraction of sp³-hybridized carbons (Fsp3) is 0.579. The molecule has 1 aliphatic carbocycles. The molecule has 1 saturated carbocycles. The van der Waals surface area contributed by atoms with Gasteiger partial charge in [0, 0.05) is 36.6 Å². The molecule has 1 aromatic carbocycles. The highest BCUT2D eigenvalue weighted by Gasteiger charge is 2.59. The van der Waals surface area contributed by atoms with Crippen molar-refractivity contribution in [2.75, 3.05) is 26.2 Å². The van der Waals surface area contributed by atoms with E-state index in [1.165, 1.54) is 12.1 Å². The molecule has 3 aliphatic rings. The van der Waals surface area contributed by atoms with Crippen molar-refractivity contribution in [3.8, 4) is 0 Å². The van der Waals surface area contributed by atoms with Gasteiger partial charge in [-0.3, -0.25) is 9.59 Å². The van der Waals surface area contributed by atoms with Crippen molar-refractivity contribution in [1.29, 1.82) is 0 Å². The zero-order valence-electron chi connectivity index (χ0n) is 14.1. The van der Waals surface area contributed by atoms with Gasteiger partial charge in [-0.05, 0) is 55.7 Å². The number of likely N-dealkylation sites (tertiary alicyclic amines) is 2. The molecule has 3 fully saturated rings. The zero-order valence-corrected chi connectivity index (χ0v) is 15.7. The molecule has 1 spiro atoms. The molecule has 1 aromatic rings. The number of carbonyl (C=O) groups excluding carboxylic acids is 2. The Bertz CT molecular complexity index is 709. The molecular weight excluding hydrogens is 387 g/mol. The molecule has 134 valence electrons. The third-order valence-corrected chi connectivity index (χ3v) is 6.61. The molecule has 0 bridgehead atoms. The Labute approximate surface area is 155 Å². The number of rotatable bonds is 2. The van der Waals surface area contributed by atoms with Crippen LogP contribution in [0.1, 0.15) is 42.5 Å². The van der Waals surface area contributed by atoms with Gasteiger partial charge in [-0.2, -0.15) is 0 Å². The number of piperidine rings is 1. The van der Waals surface area contributed by atoms with Crippen molar-refractivity contribution in [2.24, 2.45) is 11.3 Å². The quantitative estimate of drug-likeness (QED) is 0.751.